The maximum absolute atomic E-state index is 10.8. The average molecular weight is 210 g/mol. The van der Waals surface area contributed by atoms with Gasteiger partial charge < -0.3 is 20.4 Å². The van der Waals surface area contributed by atoms with Gasteiger partial charge in [0.1, 0.15) is 6.20 Å². The van der Waals surface area contributed by atoms with Crippen molar-refractivity contribution in [2.75, 3.05) is 0 Å². The van der Waals surface area contributed by atoms with Crippen LogP contribution < -0.4 is 5.73 Å². The number of primary amides is 1. The van der Waals surface area contributed by atoms with Crippen LogP contribution in [0.5, 0.6) is 0 Å². The van der Waals surface area contributed by atoms with Crippen LogP contribution in [0, 0.1) is 16.0 Å². The van der Waals surface area contributed by atoms with E-state index in [0.29, 0.717) is 12.8 Å². The molecule has 0 bridgehead atoms. The van der Waals surface area contributed by atoms with Crippen LogP contribution in [0.3, 0.4) is 0 Å². The maximum atomic E-state index is 10.8. The zero-order valence-corrected chi connectivity index (χ0v) is 7.87. The number of carbonyl (C=O) groups is 1. The molecule has 0 aromatic carbocycles. The molecule has 0 saturated heterocycles. The summed E-state index contributed by atoms with van der Waals surface area (Å²) in [6.45, 7) is 0. The van der Waals surface area contributed by atoms with Crippen LogP contribution >= 0.6 is 0 Å². The van der Waals surface area contributed by atoms with E-state index in [1.165, 1.54) is 12.5 Å². The van der Waals surface area contributed by atoms with Gasteiger partial charge in [-0.25, -0.2) is 0 Å². The summed E-state index contributed by atoms with van der Waals surface area (Å²) in [6, 6.07) is 0.115. The Kier molecular flexibility index (Phi) is 2.14. The second-order valence-corrected chi connectivity index (χ2v) is 3.66. The lowest BCUT2D eigenvalue weighted by molar-refractivity contribution is -0.389. The van der Waals surface area contributed by atoms with Crippen molar-refractivity contribution in [1.29, 1.82) is 0 Å². The number of carbonyl (C=O) groups excluding carboxylic acids is 1. The molecule has 1 saturated carbocycles. The monoisotopic (exact) mass is 210 g/mol. The topological polar surface area (TPSA) is 104 Å². The molecule has 1 fully saturated rings. The molecule has 15 heavy (non-hydrogen) atoms. The molecule has 1 aromatic rings. The zero-order valence-electron chi connectivity index (χ0n) is 7.87. The Labute approximate surface area is 85.0 Å². The molecule has 2 N–H and O–H groups in total. The molecule has 7 heteroatoms. The predicted octanol–water partition coefficient (Wildman–Crippen LogP) is 0.228. The van der Waals surface area contributed by atoms with Gasteiger partial charge in [0.25, 0.3) is 0 Å². The molecule has 7 nitrogen and oxygen atoms in total. The number of imidazole rings is 1. The van der Waals surface area contributed by atoms with E-state index in [4.69, 9.17) is 5.73 Å². The maximum Gasteiger partial charge on any atom is 0.381 e. The van der Waals surface area contributed by atoms with Gasteiger partial charge >= 0.3 is 5.82 Å². The van der Waals surface area contributed by atoms with E-state index in [9.17, 15) is 14.9 Å². The second kappa shape index (κ2) is 3.34. The minimum atomic E-state index is -0.541. The summed E-state index contributed by atoms with van der Waals surface area (Å²) < 4.78 is 1.66. The number of amides is 1. The number of rotatable bonds is 3. The first-order valence-electron chi connectivity index (χ1n) is 4.55. The lowest BCUT2D eigenvalue weighted by Gasteiger charge is -2.33. The molecular weight excluding hydrogens is 200 g/mol. The Bertz CT molecular complexity index is 408. The van der Waals surface area contributed by atoms with Crippen molar-refractivity contribution in [2.45, 2.75) is 18.9 Å². The number of nitro groups is 1. The highest BCUT2D eigenvalue weighted by atomic mass is 16.6. The molecule has 1 heterocycles. The Balaban J connectivity index is 2.01. The van der Waals surface area contributed by atoms with Crippen LogP contribution in [0.4, 0.5) is 5.82 Å². The second-order valence-electron chi connectivity index (χ2n) is 3.66. The fourth-order valence-corrected chi connectivity index (χ4v) is 1.68. The Morgan fingerprint density at radius 1 is 1.67 bits per heavy atom. The molecule has 0 unspecified atom stereocenters. The number of hydrogen-bond donors (Lipinski definition) is 1. The van der Waals surface area contributed by atoms with E-state index >= 15 is 0 Å². The minimum absolute atomic E-state index is 0.101. The lowest BCUT2D eigenvalue weighted by Crippen LogP contribution is -2.35. The van der Waals surface area contributed by atoms with Gasteiger partial charge in [0.05, 0.1) is 0 Å². The van der Waals surface area contributed by atoms with Gasteiger partial charge in [0.15, 0.2) is 0 Å². The van der Waals surface area contributed by atoms with Gasteiger partial charge in [-0.2, -0.15) is 0 Å². The van der Waals surface area contributed by atoms with Gasteiger partial charge in [-0.15, -0.1) is 0 Å². The highest BCUT2D eigenvalue weighted by Gasteiger charge is 2.35. The highest BCUT2D eigenvalue weighted by Crippen LogP contribution is 2.37. The van der Waals surface area contributed by atoms with Crippen LogP contribution in [0.2, 0.25) is 0 Å². The van der Waals surface area contributed by atoms with Crippen molar-refractivity contribution in [2.24, 2.45) is 11.7 Å². The summed E-state index contributed by atoms with van der Waals surface area (Å²) in [5.74, 6) is -0.574. The van der Waals surface area contributed by atoms with Crippen LogP contribution in [0.15, 0.2) is 12.5 Å². The number of aromatic nitrogens is 2. The standard InChI is InChI=1S/C8H10N4O3/c9-8(13)5-1-6(2-5)11-3-7(10-4-11)12(14)15/h3-6H,1-2H2,(H2,9,13). The number of nitrogens with zero attached hydrogens (tertiary/aromatic N) is 3. The third kappa shape index (κ3) is 1.67. The fourth-order valence-electron chi connectivity index (χ4n) is 1.68. The molecule has 80 valence electrons. The van der Waals surface area contributed by atoms with E-state index < -0.39 is 4.92 Å². The van der Waals surface area contributed by atoms with Gasteiger partial charge in [-0.3, -0.25) is 4.79 Å². The first-order chi connectivity index (χ1) is 7.08. The van der Waals surface area contributed by atoms with Crippen LogP contribution in [-0.4, -0.2) is 20.4 Å². The fraction of sp³-hybridized carbons (Fsp3) is 0.500. The molecule has 0 aliphatic heterocycles. The largest absolute Gasteiger partial charge is 0.381 e. The van der Waals surface area contributed by atoms with Crippen molar-refractivity contribution in [3.05, 3.63) is 22.6 Å². The van der Waals surface area contributed by atoms with Crippen molar-refractivity contribution >= 4 is 11.7 Å². The summed E-state index contributed by atoms with van der Waals surface area (Å²) in [6.07, 6.45) is 4.08. The van der Waals surface area contributed by atoms with Crippen molar-refractivity contribution in [3.8, 4) is 0 Å². The van der Waals surface area contributed by atoms with E-state index in [1.807, 2.05) is 0 Å². The SMILES string of the molecule is NC(=O)C1CC(n2cnc([N+](=O)[O-])c2)C1. The third-order valence-corrected chi connectivity index (χ3v) is 2.71. The van der Waals surface area contributed by atoms with Crippen LogP contribution in [0.1, 0.15) is 18.9 Å². The first kappa shape index (κ1) is 9.63. The number of hydrogen-bond acceptors (Lipinski definition) is 4. The molecule has 0 spiro atoms. The summed E-state index contributed by atoms with van der Waals surface area (Å²) in [7, 11) is 0. The van der Waals surface area contributed by atoms with E-state index in [-0.39, 0.29) is 23.7 Å². The normalized spacial score (nSPS) is 24.5. The lowest BCUT2D eigenvalue weighted by atomic mass is 9.80. The molecule has 0 atom stereocenters. The molecule has 1 aromatic heterocycles. The molecule has 1 aliphatic rings. The quantitative estimate of drug-likeness (QED) is 0.569. The average Bonchev–Trinajstić information content (AvgIpc) is 2.49. The minimum Gasteiger partial charge on any atom is -0.369 e. The van der Waals surface area contributed by atoms with Crippen molar-refractivity contribution in [1.82, 2.24) is 9.55 Å². The molecule has 0 radical (unpaired) electrons. The van der Waals surface area contributed by atoms with Gasteiger partial charge in [0.2, 0.25) is 12.2 Å². The first-order valence-corrected chi connectivity index (χ1v) is 4.55. The summed E-state index contributed by atoms with van der Waals surface area (Å²) in [5, 5.41) is 10.4. The van der Waals surface area contributed by atoms with E-state index in [0.717, 1.165) is 0 Å². The van der Waals surface area contributed by atoms with Gasteiger partial charge in [-0.1, -0.05) is 0 Å². The highest BCUT2D eigenvalue weighted by molar-refractivity contribution is 5.77. The molecule has 1 amide bonds. The van der Waals surface area contributed by atoms with Crippen molar-refractivity contribution < 1.29 is 9.72 Å². The molecule has 2 rings (SSSR count). The molecule has 1 aliphatic carbocycles. The Morgan fingerprint density at radius 2 is 2.33 bits per heavy atom. The summed E-state index contributed by atoms with van der Waals surface area (Å²) >= 11 is 0. The van der Waals surface area contributed by atoms with Crippen LogP contribution in [-0.2, 0) is 4.79 Å². The third-order valence-electron chi connectivity index (χ3n) is 2.71. The summed E-state index contributed by atoms with van der Waals surface area (Å²) in [5.41, 5.74) is 5.12. The Morgan fingerprint density at radius 3 is 2.80 bits per heavy atom. The van der Waals surface area contributed by atoms with Crippen molar-refractivity contribution in [3.63, 3.8) is 0 Å². The smallest absolute Gasteiger partial charge is 0.369 e. The number of nitrogens with two attached hydrogens (primary N) is 1. The Hall–Kier alpha value is -1.92. The van der Waals surface area contributed by atoms with E-state index in [2.05, 4.69) is 4.98 Å². The predicted molar refractivity (Wildman–Crippen MR) is 49.8 cm³/mol. The molecular formula is C8H10N4O3. The summed E-state index contributed by atoms with van der Waals surface area (Å²) in [4.78, 5) is 24.2. The zero-order chi connectivity index (χ0) is 11.0. The van der Waals surface area contributed by atoms with Crippen LogP contribution in [0.25, 0.3) is 0 Å². The van der Waals surface area contributed by atoms with E-state index in [1.54, 1.807) is 4.57 Å². The van der Waals surface area contributed by atoms with Gasteiger partial charge in [0, 0.05) is 12.0 Å². The van der Waals surface area contributed by atoms with Gasteiger partial charge in [-0.05, 0) is 22.7 Å².